The average molecular weight is 752 g/mol. The number of methoxy groups -OCH3 is 1. The first-order valence-electron chi connectivity index (χ1n) is 17.8. The highest BCUT2D eigenvalue weighted by Crippen LogP contribution is 2.33. The average Bonchev–Trinajstić information content (AvgIpc) is 3.68. The second-order valence-corrected chi connectivity index (χ2v) is 15.0. The summed E-state index contributed by atoms with van der Waals surface area (Å²) in [5.74, 6) is -2.41. The van der Waals surface area contributed by atoms with E-state index in [0.29, 0.717) is 65.7 Å². The first-order valence-corrected chi connectivity index (χ1v) is 18.2. The van der Waals surface area contributed by atoms with Crippen molar-refractivity contribution in [3.05, 3.63) is 76.5 Å². The number of rotatable bonds is 11. The molecule has 2 aliphatic heterocycles. The molecule has 4 aromatic rings. The molecule has 1 N–H and O–H groups in total. The number of piperidine rings is 1. The topological polar surface area (TPSA) is 115 Å². The highest BCUT2D eigenvalue weighted by atomic mass is 35.5. The zero-order valence-corrected chi connectivity index (χ0v) is 31.6. The third-order valence-electron chi connectivity index (χ3n) is 10.4. The molecule has 2 aromatic heterocycles. The Kier molecular flexibility index (Phi) is 11.3. The molecule has 2 saturated heterocycles. The van der Waals surface area contributed by atoms with Gasteiger partial charge in [0.05, 0.1) is 55.9 Å². The number of piperazine rings is 1. The van der Waals surface area contributed by atoms with Crippen molar-refractivity contribution in [3.8, 4) is 22.4 Å². The van der Waals surface area contributed by atoms with Crippen molar-refractivity contribution >= 4 is 35.0 Å². The number of halogens is 3. The maximum atomic E-state index is 15.6. The van der Waals surface area contributed by atoms with Crippen molar-refractivity contribution < 1.29 is 32.4 Å². The summed E-state index contributed by atoms with van der Waals surface area (Å²) >= 11 is 6.56. The van der Waals surface area contributed by atoms with Gasteiger partial charge >= 0.3 is 0 Å². The number of amides is 3. The number of ether oxygens (including phenoxy) is 1. The summed E-state index contributed by atoms with van der Waals surface area (Å²) in [6, 6.07) is 7.62. The number of carbonyl (C=O) groups is 3. The molecule has 15 heteroatoms. The summed E-state index contributed by atoms with van der Waals surface area (Å²) in [6.07, 6.45) is 5.16. The number of imidazole rings is 1. The second kappa shape index (κ2) is 15.7. The van der Waals surface area contributed by atoms with Crippen LogP contribution in [-0.4, -0.2) is 118 Å². The van der Waals surface area contributed by atoms with E-state index in [1.807, 2.05) is 4.90 Å². The number of benzene rings is 2. The molecule has 12 nitrogen and oxygen atoms in total. The normalized spacial score (nSPS) is 16.3. The van der Waals surface area contributed by atoms with Crippen LogP contribution < -0.4 is 5.32 Å². The van der Waals surface area contributed by atoms with E-state index >= 15 is 8.78 Å². The van der Waals surface area contributed by atoms with Gasteiger partial charge in [0, 0.05) is 75.0 Å². The molecule has 282 valence electrons. The number of hydrogen-bond acceptors (Lipinski definition) is 6. The van der Waals surface area contributed by atoms with Gasteiger partial charge in [-0.3, -0.25) is 19.1 Å². The van der Waals surface area contributed by atoms with Gasteiger partial charge in [0.25, 0.3) is 17.7 Å². The lowest BCUT2D eigenvalue weighted by molar-refractivity contribution is -0.885. The van der Waals surface area contributed by atoms with Crippen LogP contribution in [-0.2, 0) is 23.1 Å². The standard InChI is InChI=1S/C38H45ClF2N8O4/c1-24-30(20-43-48(24)13-6-18-53-5)27-9-10-29(35(41)34(27)40)32-21-42-36(45(32)2)37(51)44-26-7-8-28(31(39)19-26)38(52)46-14-11-25(12-15-46)22-47-16-17-49(3,4)23-33(47)50/h7-10,19-21,25H,6,11-18,22-23H2,1-5H3/p+1. The smallest absolute Gasteiger partial charge is 0.291 e. The Hall–Kier alpha value is -4.66. The number of nitrogens with one attached hydrogen (secondary N) is 1. The third-order valence-corrected chi connectivity index (χ3v) is 10.7. The van der Waals surface area contributed by atoms with Gasteiger partial charge < -0.3 is 28.9 Å². The SMILES string of the molecule is COCCCn1ncc(-c2ccc(-c3cnc(C(=O)Nc4ccc(C(=O)N5CCC(CN6CC[N+](C)(C)CC6=O)CC5)c(Cl)c4)n3C)c(F)c2F)c1C. The minimum atomic E-state index is -1.07. The van der Waals surface area contributed by atoms with Crippen LogP contribution in [0.15, 0.2) is 42.7 Å². The molecule has 2 fully saturated rings. The van der Waals surface area contributed by atoms with E-state index in [-0.39, 0.29) is 39.5 Å². The lowest BCUT2D eigenvalue weighted by Gasteiger charge is -2.41. The molecular formula is C38H46ClF2N8O4+. The summed E-state index contributed by atoms with van der Waals surface area (Å²) in [7, 11) is 7.30. The fourth-order valence-electron chi connectivity index (χ4n) is 7.13. The number of hydrogen-bond donors (Lipinski definition) is 1. The number of aromatic nitrogens is 4. The number of carbonyl (C=O) groups excluding carboxylic acids is 3. The van der Waals surface area contributed by atoms with Crippen LogP contribution in [0.5, 0.6) is 0 Å². The van der Waals surface area contributed by atoms with Crippen molar-refractivity contribution in [2.75, 3.05) is 72.4 Å². The van der Waals surface area contributed by atoms with E-state index in [9.17, 15) is 14.4 Å². The Morgan fingerprint density at radius 1 is 1.04 bits per heavy atom. The Morgan fingerprint density at radius 2 is 1.75 bits per heavy atom. The number of anilines is 1. The maximum absolute atomic E-state index is 15.6. The van der Waals surface area contributed by atoms with Gasteiger partial charge in [0.15, 0.2) is 24.0 Å². The van der Waals surface area contributed by atoms with Crippen molar-refractivity contribution in [2.24, 2.45) is 13.0 Å². The molecule has 0 unspecified atom stereocenters. The minimum absolute atomic E-state index is 0.0368. The number of likely N-dealkylation sites (tertiary alicyclic amines) is 1. The number of nitrogens with zero attached hydrogens (tertiary/aromatic N) is 7. The molecule has 4 heterocycles. The number of quaternary nitrogens is 1. The first kappa shape index (κ1) is 38.1. The van der Waals surface area contributed by atoms with Gasteiger partial charge in [-0.25, -0.2) is 13.8 Å². The van der Waals surface area contributed by atoms with Crippen LogP contribution in [0.25, 0.3) is 22.4 Å². The summed E-state index contributed by atoms with van der Waals surface area (Å²) in [6.45, 7) is 6.98. The number of likely N-dealkylation sites (N-methyl/N-ethyl adjacent to an activating group) is 1. The predicted molar refractivity (Wildman–Crippen MR) is 197 cm³/mol. The molecule has 0 saturated carbocycles. The van der Waals surface area contributed by atoms with Crippen molar-refractivity contribution in [1.29, 1.82) is 0 Å². The van der Waals surface area contributed by atoms with Crippen LogP contribution in [0.2, 0.25) is 5.02 Å². The van der Waals surface area contributed by atoms with Crippen molar-refractivity contribution in [3.63, 3.8) is 0 Å². The van der Waals surface area contributed by atoms with Crippen molar-refractivity contribution in [1.82, 2.24) is 29.1 Å². The third kappa shape index (κ3) is 8.14. The largest absolute Gasteiger partial charge is 0.385 e. The molecule has 0 atom stereocenters. The summed E-state index contributed by atoms with van der Waals surface area (Å²) in [5.41, 5.74) is 2.09. The highest BCUT2D eigenvalue weighted by Gasteiger charge is 2.34. The van der Waals surface area contributed by atoms with E-state index in [4.69, 9.17) is 16.3 Å². The predicted octanol–water partition coefficient (Wildman–Crippen LogP) is 5.25. The van der Waals surface area contributed by atoms with Crippen molar-refractivity contribution in [2.45, 2.75) is 32.7 Å². The van der Waals surface area contributed by atoms with E-state index in [1.54, 1.807) is 42.8 Å². The Labute approximate surface area is 312 Å². The first-order chi connectivity index (χ1) is 25.3. The van der Waals surface area contributed by atoms with Gasteiger partial charge in [0.1, 0.15) is 0 Å². The van der Waals surface area contributed by atoms with E-state index in [2.05, 4.69) is 29.5 Å². The van der Waals surface area contributed by atoms with Gasteiger partial charge in [-0.2, -0.15) is 5.10 Å². The van der Waals surface area contributed by atoms with Crippen LogP contribution in [0.1, 0.15) is 45.9 Å². The zero-order chi connectivity index (χ0) is 38.0. The van der Waals surface area contributed by atoms with E-state index in [1.165, 1.54) is 35.2 Å². The molecule has 6 rings (SSSR count). The quantitative estimate of drug-likeness (QED) is 0.166. The zero-order valence-electron chi connectivity index (χ0n) is 30.8. The second-order valence-electron chi connectivity index (χ2n) is 14.6. The van der Waals surface area contributed by atoms with Gasteiger partial charge in [-0.15, -0.1) is 0 Å². The molecule has 0 spiro atoms. The molecular weight excluding hydrogens is 706 g/mol. The van der Waals surface area contributed by atoms with Crippen LogP contribution in [0.3, 0.4) is 0 Å². The van der Waals surface area contributed by atoms with E-state index in [0.717, 1.165) is 38.9 Å². The molecule has 3 amide bonds. The Balaban J connectivity index is 1.08. The fourth-order valence-corrected chi connectivity index (χ4v) is 7.39. The van der Waals surface area contributed by atoms with Gasteiger partial charge in [-0.05, 0) is 56.4 Å². The lowest BCUT2D eigenvalue weighted by atomic mass is 9.95. The molecule has 53 heavy (non-hydrogen) atoms. The Morgan fingerprint density at radius 3 is 2.45 bits per heavy atom. The molecule has 0 aliphatic carbocycles. The van der Waals surface area contributed by atoms with Crippen LogP contribution in [0.4, 0.5) is 14.5 Å². The number of aryl methyl sites for hydroxylation is 1. The molecule has 2 aliphatic rings. The minimum Gasteiger partial charge on any atom is -0.385 e. The van der Waals surface area contributed by atoms with Gasteiger partial charge in [-0.1, -0.05) is 17.7 Å². The maximum Gasteiger partial charge on any atom is 0.291 e. The Bertz CT molecular complexity index is 2020. The van der Waals surface area contributed by atoms with Crippen LogP contribution >= 0.6 is 11.6 Å². The van der Waals surface area contributed by atoms with E-state index < -0.39 is 17.5 Å². The summed E-state index contributed by atoms with van der Waals surface area (Å²) in [4.78, 5) is 47.2. The van der Waals surface area contributed by atoms with Gasteiger partial charge in [0.2, 0.25) is 0 Å². The molecule has 0 bridgehead atoms. The highest BCUT2D eigenvalue weighted by molar-refractivity contribution is 6.34. The molecule has 2 aromatic carbocycles. The van der Waals surface area contributed by atoms with Crippen LogP contribution in [0, 0.1) is 24.5 Å². The summed E-state index contributed by atoms with van der Waals surface area (Å²) in [5, 5.41) is 7.25. The lowest BCUT2D eigenvalue weighted by Crippen LogP contribution is -2.58. The monoisotopic (exact) mass is 751 g/mol. The fraction of sp³-hybridized carbons (Fsp3) is 0.447. The molecule has 0 radical (unpaired) electrons. The summed E-state index contributed by atoms with van der Waals surface area (Å²) < 4.78 is 40.0.